The van der Waals surface area contributed by atoms with Crippen LogP contribution < -0.4 is 11.5 Å². The molecule has 0 aromatic heterocycles. The molecule has 0 radical (unpaired) electrons. The van der Waals surface area contributed by atoms with Crippen LogP contribution in [0, 0.1) is 5.92 Å². The van der Waals surface area contributed by atoms with Gasteiger partial charge in [-0.1, -0.05) is 30.3 Å². The molecule has 1 aromatic rings. The first kappa shape index (κ1) is 20.6. The van der Waals surface area contributed by atoms with Crippen LogP contribution in [0.3, 0.4) is 0 Å². The summed E-state index contributed by atoms with van der Waals surface area (Å²) in [7, 11) is 0. The monoisotopic (exact) mass is 352 g/mol. The Bertz CT molecular complexity index is 597. The Morgan fingerprint density at radius 3 is 2.08 bits per heavy atom. The Morgan fingerprint density at radius 1 is 1.00 bits per heavy atom. The van der Waals surface area contributed by atoms with Crippen LogP contribution in [0.4, 0.5) is 0 Å². The van der Waals surface area contributed by atoms with E-state index in [1.807, 2.05) is 6.07 Å². The van der Waals surface area contributed by atoms with Gasteiger partial charge in [-0.2, -0.15) is 0 Å². The Hall–Kier alpha value is -2.45. The molecule has 0 spiro atoms. The molecule has 2 atom stereocenters. The van der Waals surface area contributed by atoms with Crippen LogP contribution in [0.5, 0.6) is 0 Å². The average molecular weight is 352 g/mol. The summed E-state index contributed by atoms with van der Waals surface area (Å²) < 4.78 is 14.8. The summed E-state index contributed by atoms with van der Waals surface area (Å²) in [6.45, 7) is 4.38. The maximum Gasteiger partial charge on any atom is 0.324 e. The van der Waals surface area contributed by atoms with Crippen LogP contribution in [-0.2, 0) is 35.2 Å². The third-order valence-corrected chi connectivity index (χ3v) is 3.00. The predicted molar refractivity (Wildman–Crippen MR) is 88.7 cm³/mol. The Morgan fingerprint density at radius 2 is 1.56 bits per heavy atom. The number of nitrogens with two attached hydrogens (primary N) is 2. The molecule has 0 saturated carbocycles. The Labute approximate surface area is 146 Å². The number of rotatable bonds is 7. The molecule has 0 fully saturated rings. The van der Waals surface area contributed by atoms with E-state index >= 15 is 0 Å². The predicted octanol–water partition coefficient (Wildman–Crippen LogP) is 0.474. The van der Waals surface area contributed by atoms with E-state index in [2.05, 4.69) is 4.74 Å². The van der Waals surface area contributed by atoms with Crippen LogP contribution in [-0.4, -0.2) is 36.3 Å². The number of ether oxygens (including phenoxy) is 3. The van der Waals surface area contributed by atoms with Crippen LogP contribution in [0.2, 0.25) is 0 Å². The van der Waals surface area contributed by atoms with Gasteiger partial charge in [-0.15, -0.1) is 0 Å². The fourth-order valence-corrected chi connectivity index (χ4v) is 1.89. The van der Waals surface area contributed by atoms with E-state index in [-0.39, 0.29) is 6.61 Å². The van der Waals surface area contributed by atoms with E-state index in [9.17, 15) is 14.4 Å². The van der Waals surface area contributed by atoms with E-state index < -0.39 is 42.2 Å². The van der Waals surface area contributed by atoms with Crippen molar-refractivity contribution in [3.63, 3.8) is 0 Å². The standard InChI is InChI=1S/C17H24N2O6/c1-17(2,3)25-16(22)13(19)12(15(21)24-10-18)14(20)23-9-11-7-5-4-6-8-11/h4-8,12-13H,9-10,18-19H2,1-3H3. The Balaban J connectivity index is 2.85. The fraction of sp³-hybridized carbons (Fsp3) is 0.471. The second kappa shape index (κ2) is 9.14. The molecule has 0 heterocycles. The van der Waals surface area contributed by atoms with Crippen molar-refractivity contribution in [1.29, 1.82) is 0 Å². The lowest BCUT2D eigenvalue weighted by Gasteiger charge is -2.25. The number of hydrogen-bond donors (Lipinski definition) is 2. The highest BCUT2D eigenvalue weighted by molar-refractivity contribution is 6.00. The first-order valence-corrected chi connectivity index (χ1v) is 7.71. The molecule has 0 amide bonds. The number of carbonyl (C=O) groups is 3. The molecule has 0 bridgehead atoms. The van der Waals surface area contributed by atoms with Gasteiger partial charge < -0.3 is 19.9 Å². The van der Waals surface area contributed by atoms with E-state index in [0.29, 0.717) is 5.56 Å². The zero-order valence-corrected chi connectivity index (χ0v) is 14.6. The van der Waals surface area contributed by atoms with Gasteiger partial charge in [-0.05, 0) is 26.3 Å². The zero-order chi connectivity index (χ0) is 19.0. The van der Waals surface area contributed by atoms with Crippen molar-refractivity contribution < 1.29 is 28.6 Å². The van der Waals surface area contributed by atoms with Crippen LogP contribution in [0.25, 0.3) is 0 Å². The molecule has 138 valence electrons. The maximum absolute atomic E-state index is 12.3. The quantitative estimate of drug-likeness (QED) is 0.313. The van der Waals surface area contributed by atoms with Crippen molar-refractivity contribution in [3.05, 3.63) is 35.9 Å². The molecular weight excluding hydrogens is 328 g/mol. The number of benzene rings is 1. The van der Waals surface area contributed by atoms with Gasteiger partial charge in [-0.3, -0.25) is 20.1 Å². The minimum absolute atomic E-state index is 0.0763. The van der Waals surface area contributed by atoms with Crippen molar-refractivity contribution in [2.45, 2.75) is 39.0 Å². The molecule has 0 aliphatic heterocycles. The smallest absolute Gasteiger partial charge is 0.324 e. The summed E-state index contributed by atoms with van der Waals surface area (Å²) in [5.74, 6) is -4.61. The molecule has 8 nitrogen and oxygen atoms in total. The second-order valence-electron chi connectivity index (χ2n) is 6.26. The van der Waals surface area contributed by atoms with Crippen molar-refractivity contribution in [3.8, 4) is 0 Å². The third-order valence-electron chi connectivity index (χ3n) is 3.00. The molecule has 0 aliphatic carbocycles. The van der Waals surface area contributed by atoms with Crippen molar-refractivity contribution >= 4 is 17.9 Å². The molecule has 1 aromatic carbocycles. The minimum Gasteiger partial charge on any atom is -0.460 e. The summed E-state index contributed by atoms with van der Waals surface area (Å²) >= 11 is 0. The molecule has 25 heavy (non-hydrogen) atoms. The number of esters is 3. The summed E-state index contributed by atoms with van der Waals surface area (Å²) in [6.07, 6.45) is 0. The highest BCUT2D eigenvalue weighted by Gasteiger charge is 2.41. The molecule has 2 unspecified atom stereocenters. The highest BCUT2D eigenvalue weighted by Crippen LogP contribution is 2.15. The van der Waals surface area contributed by atoms with Gasteiger partial charge in [0.15, 0.2) is 5.92 Å². The first-order valence-electron chi connectivity index (χ1n) is 7.71. The number of carbonyl (C=O) groups excluding carboxylic acids is 3. The molecule has 0 saturated heterocycles. The molecular formula is C17H24N2O6. The lowest BCUT2D eigenvalue weighted by molar-refractivity contribution is -0.172. The Kier molecular flexibility index (Phi) is 7.53. The molecule has 8 heteroatoms. The highest BCUT2D eigenvalue weighted by atomic mass is 16.6. The van der Waals surface area contributed by atoms with Gasteiger partial charge in [0.1, 0.15) is 25.0 Å². The lowest BCUT2D eigenvalue weighted by Crippen LogP contribution is -2.50. The van der Waals surface area contributed by atoms with Gasteiger partial charge in [-0.25, -0.2) is 0 Å². The zero-order valence-electron chi connectivity index (χ0n) is 14.6. The van der Waals surface area contributed by atoms with Gasteiger partial charge in [0.2, 0.25) is 0 Å². The normalized spacial score (nSPS) is 13.5. The first-order chi connectivity index (χ1) is 11.7. The van der Waals surface area contributed by atoms with Crippen molar-refractivity contribution in [1.82, 2.24) is 0 Å². The fourth-order valence-electron chi connectivity index (χ4n) is 1.89. The summed E-state index contributed by atoms with van der Waals surface area (Å²) in [5.41, 5.74) is 10.8. The van der Waals surface area contributed by atoms with Crippen LogP contribution in [0.15, 0.2) is 30.3 Å². The maximum atomic E-state index is 12.3. The van der Waals surface area contributed by atoms with Gasteiger partial charge in [0, 0.05) is 0 Å². The van der Waals surface area contributed by atoms with E-state index in [0.717, 1.165) is 0 Å². The lowest BCUT2D eigenvalue weighted by atomic mass is 10.0. The van der Waals surface area contributed by atoms with Gasteiger partial charge in [0.25, 0.3) is 0 Å². The average Bonchev–Trinajstić information content (AvgIpc) is 2.52. The van der Waals surface area contributed by atoms with E-state index in [1.165, 1.54) is 0 Å². The third kappa shape index (κ3) is 6.90. The summed E-state index contributed by atoms with van der Waals surface area (Å²) in [5, 5.41) is 0. The number of hydrogen-bond acceptors (Lipinski definition) is 8. The van der Waals surface area contributed by atoms with Crippen molar-refractivity contribution in [2.24, 2.45) is 17.4 Å². The molecule has 0 aliphatic rings. The van der Waals surface area contributed by atoms with E-state index in [1.54, 1.807) is 45.0 Å². The van der Waals surface area contributed by atoms with Crippen LogP contribution in [0.1, 0.15) is 26.3 Å². The van der Waals surface area contributed by atoms with Gasteiger partial charge in [0.05, 0.1) is 0 Å². The minimum atomic E-state index is -1.66. The van der Waals surface area contributed by atoms with Gasteiger partial charge >= 0.3 is 17.9 Å². The summed E-state index contributed by atoms with van der Waals surface area (Å²) in [6, 6.07) is 7.28. The summed E-state index contributed by atoms with van der Waals surface area (Å²) in [4.78, 5) is 36.4. The van der Waals surface area contributed by atoms with Crippen LogP contribution >= 0.6 is 0 Å². The largest absolute Gasteiger partial charge is 0.460 e. The van der Waals surface area contributed by atoms with E-state index in [4.69, 9.17) is 20.9 Å². The topological polar surface area (TPSA) is 131 Å². The van der Waals surface area contributed by atoms with Crippen molar-refractivity contribution in [2.75, 3.05) is 6.73 Å². The second-order valence-corrected chi connectivity index (χ2v) is 6.26. The SMILES string of the molecule is CC(C)(C)OC(=O)C(N)C(C(=O)OCN)C(=O)OCc1ccccc1. The molecule has 4 N–H and O–H groups in total. The molecule has 1 rings (SSSR count).